The number of nitrogens with zero attached hydrogens (tertiary/aromatic N) is 6. The van der Waals surface area contributed by atoms with Gasteiger partial charge in [-0.1, -0.05) is 13.8 Å². The third-order valence-electron chi connectivity index (χ3n) is 5.37. The Morgan fingerprint density at radius 3 is 2.40 bits per heavy atom. The summed E-state index contributed by atoms with van der Waals surface area (Å²) in [4.78, 5) is 22.7. The van der Waals surface area contributed by atoms with Crippen LogP contribution in [-0.4, -0.2) is 51.0 Å². The van der Waals surface area contributed by atoms with Crippen molar-refractivity contribution in [3.63, 3.8) is 0 Å². The van der Waals surface area contributed by atoms with E-state index in [4.69, 9.17) is 0 Å². The maximum Gasteiger partial charge on any atom is 0.132 e. The first-order valence-electron chi connectivity index (χ1n) is 9.15. The van der Waals surface area contributed by atoms with Gasteiger partial charge in [0.25, 0.3) is 0 Å². The topological polar surface area (TPSA) is 58.0 Å². The highest BCUT2D eigenvalue weighted by molar-refractivity contribution is 5.41. The van der Waals surface area contributed by atoms with E-state index in [0.29, 0.717) is 5.92 Å². The van der Waals surface area contributed by atoms with Crippen LogP contribution in [0.25, 0.3) is 0 Å². The van der Waals surface area contributed by atoms with Gasteiger partial charge in [-0.3, -0.25) is 14.9 Å². The molecule has 0 aromatic carbocycles. The molecule has 2 saturated heterocycles. The van der Waals surface area contributed by atoms with Gasteiger partial charge in [-0.2, -0.15) is 0 Å². The molecule has 0 N–H and O–H groups in total. The number of anilines is 1. The monoisotopic (exact) mass is 338 g/mol. The van der Waals surface area contributed by atoms with E-state index in [0.717, 1.165) is 67.5 Å². The van der Waals surface area contributed by atoms with Crippen LogP contribution in [0.5, 0.6) is 0 Å². The summed E-state index contributed by atoms with van der Waals surface area (Å²) in [6.45, 7) is 11.7. The average molecular weight is 338 g/mol. The molecule has 0 amide bonds. The zero-order chi connectivity index (χ0) is 17.4. The molecule has 0 radical (unpaired) electrons. The maximum atomic E-state index is 4.51. The molecular formula is C19H26N6. The molecule has 2 atom stereocenters. The van der Waals surface area contributed by atoms with Crippen LogP contribution in [-0.2, 0) is 6.54 Å². The Labute approximate surface area is 149 Å². The van der Waals surface area contributed by atoms with Crippen LogP contribution < -0.4 is 4.90 Å². The van der Waals surface area contributed by atoms with Crippen LogP contribution in [0.1, 0.15) is 36.8 Å². The fraction of sp³-hybridized carbons (Fsp3) is 0.579. The lowest BCUT2D eigenvalue weighted by Gasteiger charge is -2.22. The Hall–Kier alpha value is -2.08. The number of likely N-dealkylation sites (tertiary alicyclic amines) is 1. The van der Waals surface area contributed by atoms with Crippen molar-refractivity contribution >= 4 is 5.82 Å². The summed E-state index contributed by atoms with van der Waals surface area (Å²) in [5.74, 6) is 2.96. The predicted octanol–water partition coefficient (Wildman–Crippen LogP) is 2.27. The van der Waals surface area contributed by atoms with Crippen LogP contribution in [0.2, 0.25) is 0 Å². The van der Waals surface area contributed by atoms with Crippen LogP contribution in [0.4, 0.5) is 5.82 Å². The van der Waals surface area contributed by atoms with E-state index in [2.05, 4.69) is 49.6 Å². The van der Waals surface area contributed by atoms with Crippen molar-refractivity contribution in [1.29, 1.82) is 0 Å². The Kier molecular flexibility index (Phi) is 4.37. The molecule has 2 unspecified atom stereocenters. The fourth-order valence-electron chi connectivity index (χ4n) is 3.99. The van der Waals surface area contributed by atoms with E-state index in [1.54, 1.807) is 6.33 Å². The number of rotatable bonds is 4. The van der Waals surface area contributed by atoms with Gasteiger partial charge in [0, 0.05) is 56.9 Å². The Balaban J connectivity index is 1.37. The Bertz CT molecular complexity index is 715. The highest BCUT2D eigenvalue weighted by Crippen LogP contribution is 2.34. The molecule has 2 aliphatic rings. The minimum Gasteiger partial charge on any atom is -0.356 e. The Morgan fingerprint density at radius 2 is 1.76 bits per heavy atom. The van der Waals surface area contributed by atoms with Crippen molar-refractivity contribution in [3.8, 4) is 0 Å². The average Bonchev–Trinajstić information content (AvgIpc) is 3.15. The molecule has 2 aromatic heterocycles. The number of fused-ring (bicyclic) bond motifs is 1. The highest BCUT2D eigenvalue weighted by Gasteiger charge is 2.40. The van der Waals surface area contributed by atoms with Crippen molar-refractivity contribution in [1.82, 2.24) is 24.8 Å². The van der Waals surface area contributed by atoms with Gasteiger partial charge in [-0.05, 0) is 24.7 Å². The van der Waals surface area contributed by atoms with E-state index < -0.39 is 0 Å². The van der Waals surface area contributed by atoms with Crippen molar-refractivity contribution < 1.29 is 0 Å². The molecule has 4 heterocycles. The lowest BCUT2D eigenvalue weighted by atomic mass is 10.0. The largest absolute Gasteiger partial charge is 0.356 e. The summed E-state index contributed by atoms with van der Waals surface area (Å²) >= 11 is 0. The van der Waals surface area contributed by atoms with Gasteiger partial charge in [0.05, 0.1) is 11.4 Å². The molecule has 25 heavy (non-hydrogen) atoms. The molecule has 0 saturated carbocycles. The number of hydrogen-bond donors (Lipinski definition) is 0. The van der Waals surface area contributed by atoms with Gasteiger partial charge in [-0.25, -0.2) is 9.97 Å². The summed E-state index contributed by atoms with van der Waals surface area (Å²) in [5, 5.41) is 0. The maximum absolute atomic E-state index is 4.51. The van der Waals surface area contributed by atoms with Gasteiger partial charge < -0.3 is 4.90 Å². The van der Waals surface area contributed by atoms with E-state index in [1.807, 2.05) is 19.3 Å². The lowest BCUT2D eigenvalue weighted by molar-refractivity contribution is 0.304. The van der Waals surface area contributed by atoms with E-state index >= 15 is 0 Å². The molecule has 0 aliphatic carbocycles. The summed E-state index contributed by atoms with van der Waals surface area (Å²) in [7, 11) is 0. The Morgan fingerprint density at radius 1 is 1.00 bits per heavy atom. The minimum atomic E-state index is 0.440. The zero-order valence-corrected chi connectivity index (χ0v) is 15.3. The molecule has 4 rings (SSSR count). The second-order valence-electron chi connectivity index (χ2n) is 7.72. The fourth-order valence-corrected chi connectivity index (χ4v) is 3.99. The van der Waals surface area contributed by atoms with Crippen LogP contribution in [0.15, 0.2) is 24.8 Å². The molecule has 132 valence electrons. The van der Waals surface area contributed by atoms with Crippen LogP contribution in [0.3, 0.4) is 0 Å². The normalized spacial score (nSPS) is 23.4. The van der Waals surface area contributed by atoms with Crippen molar-refractivity contribution in [2.45, 2.75) is 33.2 Å². The first-order valence-corrected chi connectivity index (χ1v) is 9.15. The second-order valence-corrected chi connectivity index (χ2v) is 7.72. The standard InChI is InChI=1S/C19H26N6/c1-13(2)18-4-19(23-12-22-18)25-9-15-7-24(8-16(15)10-25)11-17-6-20-14(3)5-21-17/h4-6,12-13,15-16H,7-11H2,1-3H3. The summed E-state index contributed by atoms with van der Waals surface area (Å²) in [5.41, 5.74) is 3.17. The summed E-state index contributed by atoms with van der Waals surface area (Å²) in [6, 6.07) is 2.16. The van der Waals surface area contributed by atoms with Gasteiger partial charge in [0.2, 0.25) is 0 Å². The van der Waals surface area contributed by atoms with E-state index in [-0.39, 0.29) is 0 Å². The smallest absolute Gasteiger partial charge is 0.132 e. The number of aryl methyl sites for hydroxylation is 1. The quantitative estimate of drug-likeness (QED) is 0.852. The lowest BCUT2D eigenvalue weighted by Crippen LogP contribution is -2.29. The van der Waals surface area contributed by atoms with Crippen molar-refractivity contribution in [2.75, 3.05) is 31.1 Å². The third kappa shape index (κ3) is 3.49. The predicted molar refractivity (Wildman–Crippen MR) is 97.4 cm³/mol. The molecule has 6 nitrogen and oxygen atoms in total. The van der Waals surface area contributed by atoms with Gasteiger partial charge in [0.1, 0.15) is 12.1 Å². The second kappa shape index (κ2) is 6.67. The molecule has 2 fully saturated rings. The first-order chi connectivity index (χ1) is 12.1. The third-order valence-corrected chi connectivity index (χ3v) is 5.37. The molecule has 0 bridgehead atoms. The van der Waals surface area contributed by atoms with Gasteiger partial charge in [0.15, 0.2) is 0 Å². The van der Waals surface area contributed by atoms with E-state index in [1.165, 1.54) is 0 Å². The highest BCUT2D eigenvalue weighted by atomic mass is 15.3. The number of aromatic nitrogens is 4. The van der Waals surface area contributed by atoms with Crippen LogP contribution in [0, 0.1) is 18.8 Å². The van der Waals surface area contributed by atoms with Crippen molar-refractivity contribution in [2.24, 2.45) is 11.8 Å². The van der Waals surface area contributed by atoms with Gasteiger partial charge in [-0.15, -0.1) is 0 Å². The van der Waals surface area contributed by atoms with Crippen molar-refractivity contribution in [3.05, 3.63) is 41.9 Å². The summed E-state index contributed by atoms with van der Waals surface area (Å²) < 4.78 is 0. The van der Waals surface area contributed by atoms with Crippen LogP contribution >= 0.6 is 0 Å². The number of hydrogen-bond acceptors (Lipinski definition) is 6. The zero-order valence-electron chi connectivity index (χ0n) is 15.3. The van der Waals surface area contributed by atoms with E-state index in [9.17, 15) is 0 Å². The molecular weight excluding hydrogens is 312 g/mol. The SMILES string of the molecule is Cc1cnc(CN2CC3CN(c4cc(C(C)C)ncn4)CC3C2)cn1. The molecule has 6 heteroatoms. The minimum absolute atomic E-state index is 0.440. The molecule has 0 spiro atoms. The molecule has 2 aromatic rings. The first kappa shape index (κ1) is 16.4. The van der Waals surface area contributed by atoms with Gasteiger partial charge >= 0.3 is 0 Å². The summed E-state index contributed by atoms with van der Waals surface area (Å²) in [6.07, 6.45) is 5.47. The molecule has 2 aliphatic heterocycles.